The molecule has 0 aliphatic rings. The molecule has 0 saturated carbocycles. The number of para-hydroxylation sites is 2. The second-order valence-electron chi connectivity index (χ2n) is 6.39. The number of aromatic nitrogens is 3. The maximum atomic E-state index is 12.7. The number of hydrogen-bond donors (Lipinski definition) is 2. The average Bonchev–Trinajstić information content (AvgIpc) is 3.09. The topological polar surface area (TPSA) is 89.0 Å². The van der Waals surface area contributed by atoms with Crippen LogP contribution in [0.5, 0.6) is 5.75 Å². The van der Waals surface area contributed by atoms with Gasteiger partial charge in [0.25, 0.3) is 5.56 Å². The van der Waals surface area contributed by atoms with Gasteiger partial charge in [0.1, 0.15) is 23.3 Å². The highest BCUT2D eigenvalue weighted by Gasteiger charge is 2.12. The quantitative estimate of drug-likeness (QED) is 0.541. The number of nitrogens with one attached hydrogen (secondary N) is 2. The number of benzene rings is 2. The standard InChI is InChI=1S/C21H20N4O3/c1-2-28-17-10-6-3-7-14(17)11-22-18(26)12-25-13-23-19-15-8-4-5-9-16(15)24-20(19)21(25)27/h3-10,13,24H,2,11-12H2,1H3,(H,22,26). The van der Waals surface area contributed by atoms with E-state index in [1.165, 1.54) is 10.9 Å². The van der Waals surface area contributed by atoms with Gasteiger partial charge in [-0.3, -0.25) is 14.2 Å². The van der Waals surface area contributed by atoms with Crippen LogP contribution in [0, 0.1) is 0 Å². The van der Waals surface area contributed by atoms with Gasteiger partial charge >= 0.3 is 0 Å². The molecule has 0 atom stereocenters. The first kappa shape index (κ1) is 17.8. The molecule has 1 amide bonds. The minimum Gasteiger partial charge on any atom is -0.494 e. The lowest BCUT2D eigenvalue weighted by Crippen LogP contribution is -2.32. The lowest BCUT2D eigenvalue weighted by atomic mass is 10.2. The zero-order valence-corrected chi connectivity index (χ0v) is 15.4. The molecule has 142 valence electrons. The molecule has 28 heavy (non-hydrogen) atoms. The smallest absolute Gasteiger partial charge is 0.278 e. The van der Waals surface area contributed by atoms with Crippen molar-refractivity contribution in [3.05, 3.63) is 70.8 Å². The molecule has 7 nitrogen and oxygen atoms in total. The van der Waals surface area contributed by atoms with Gasteiger partial charge in [-0.2, -0.15) is 0 Å². The van der Waals surface area contributed by atoms with E-state index in [4.69, 9.17) is 4.74 Å². The van der Waals surface area contributed by atoms with E-state index < -0.39 is 0 Å². The number of nitrogens with zero attached hydrogens (tertiary/aromatic N) is 2. The highest BCUT2D eigenvalue weighted by Crippen LogP contribution is 2.20. The van der Waals surface area contributed by atoms with Crippen LogP contribution < -0.4 is 15.6 Å². The maximum Gasteiger partial charge on any atom is 0.278 e. The fraction of sp³-hybridized carbons (Fsp3) is 0.190. The first-order valence-electron chi connectivity index (χ1n) is 9.10. The molecule has 4 aromatic rings. The van der Waals surface area contributed by atoms with E-state index in [0.717, 1.165) is 22.2 Å². The minimum absolute atomic E-state index is 0.103. The summed E-state index contributed by atoms with van der Waals surface area (Å²) >= 11 is 0. The first-order valence-corrected chi connectivity index (χ1v) is 9.10. The molecular weight excluding hydrogens is 356 g/mol. The van der Waals surface area contributed by atoms with Crippen LogP contribution in [0.25, 0.3) is 21.9 Å². The SMILES string of the molecule is CCOc1ccccc1CNC(=O)Cn1cnc2c([nH]c3ccccc32)c1=O. The number of fused-ring (bicyclic) bond motifs is 3. The van der Waals surface area contributed by atoms with Gasteiger partial charge in [0.2, 0.25) is 5.91 Å². The van der Waals surface area contributed by atoms with Crippen LogP contribution in [-0.4, -0.2) is 27.0 Å². The van der Waals surface area contributed by atoms with Crippen molar-refractivity contribution in [2.45, 2.75) is 20.0 Å². The number of ether oxygens (including phenoxy) is 1. The van der Waals surface area contributed by atoms with Crippen molar-refractivity contribution >= 4 is 27.8 Å². The number of rotatable bonds is 6. The fourth-order valence-electron chi connectivity index (χ4n) is 3.20. The molecule has 0 bridgehead atoms. The van der Waals surface area contributed by atoms with Gasteiger partial charge in [-0.15, -0.1) is 0 Å². The number of aromatic amines is 1. The second kappa shape index (κ2) is 7.56. The molecule has 2 aromatic heterocycles. The first-order chi connectivity index (χ1) is 13.7. The monoisotopic (exact) mass is 376 g/mol. The third-order valence-corrected chi connectivity index (χ3v) is 4.54. The fourth-order valence-corrected chi connectivity index (χ4v) is 3.20. The normalized spacial score (nSPS) is 11.0. The van der Waals surface area contributed by atoms with Gasteiger partial charge in [-0.1, -0.05) is 36.4 Å². The number of amides is 1. The largest absolute Gasteiger partial charge is 0.494 e. The van der Waals surface area contributed by atoms with E-state index in [0.29, 0.717) is 24.2 Å². The Morgan fingerprint density at radius 3 is 2.82 bits per heavy atom. The number of carbonyl (C=O) groups excluding carboxylic acids is 1. The van der Waals surface area contributed by atoms with Crippen LogP contribution in [0.2, 0.25) is 0 Å². The Labute approximate surface area is 161 Å². The van der Waals surface area contributed by atoms with Crippen LogP contribution >= 0.6 is 0 Å². The van der Waals surface area contributed by atoms with Gasteiger partial charge in [-0.25, -0.2) is 4.98 Å². The Morgan fingerprint density at radius 1 is 1.18 bits per heavy atom. The summed E-state index contributed by atoms with van der Waals surface area (Å²) in [5.41, 5.74) is 2.47. The van der Waals surface area contributed by atoms with Crippen LogP contribution in [0.1, 0.15) is 12.5 Å². The molecule has 0 saturated heterocycles. The summed E-state index contributed by atoms with van der Waals surface area (Å²) < 4.78 is 6.87. The Morgan fingerprint density at radius 2 is 1.96 bits per heavy atom. The van der Waals surface area contributed by atoms with Crippen molar-refractivity contribution in [2.24, 2.45) is 0 Å². The number of H-pyrrole nitrogens is 1. The molecule has 0 aliphatic carbocycles. The predicted molar refractivity (Wildman–Crippen MR) is 107 cm³/mol. The predicted octanol–water partition coefficient (Wildman–Crippen LogP) is 2.59. The summed E-state index contributed by atoms with van der Waals surface area (Å²) in [5, 5.41) is 3.72. The Balaban J connectivity index is 1.52. The summed E-state index contributed by atoms with van der Waals surface area (Å²) in [6, 6.07) is 15.1. The van der Waals surface area contributed by atoms with E-state index in [9.17, 15) is 9.59 Å². The Hall–Kier alpha value is -3.61. The van der Waals surface area contributed by atoms with Crippen molar-refractivity contribution in [1.82, 2.24) is 19.9 Å². The van der Waals surface area contributed by atoms with Gasteiger partial charge in [-0.05, 0) is 19.1 Å². The summed E-state index contributed by atoms with van der Waals surface area (Å²) in [4.78, 5) is 32.6. The molecule has 2 N–H and O–H groups in total. The van der Waals surface area contributed by atoms with Gasteiger partial charge in [0.15, 0.2) is 0 Å². The van der Waals surface area contributed by atoms with E-state index in [-0.39, 0.29) is 18.0 Å². The molecule has 4 rings (SSSR count). The highest BCUT2D eigenvalue weighted by atomic mass is 16.5. The van der Waals surface area contributed by atoms with E-state index >= 15 is 0 Å². The molecule has 7 heteroatoms. The Kier molecular flexibility index (Phi) is 4.80. The summed E-state index contributed by atoms with van der Waals surface area (Å²) in [6.45, 7) is 2.69. The summed E-state index contributed by atoms with van der Waals surface area (Å²) in [7, 11) is 0. The van der Waals surface area contributed by atoms with Crippen LogP contribution in [0.3, 0.4) is 0 Å². The molecule has 2 aromatic carbocycles. The maximum absolute atomic E-state index is 12.7. The molecule has 0 spiro atoms. The lowest BCUT2D eigenvalue weighted by Gasteiger charge is -2.11. The van der Waals surface area contributed by atoms with Crippen LogP contribution in [-0.2, 0) is 17.9 Å². The summed E-state index contributed by atoms with van der Waals surface area (Å²) in [6.07, 6.45) is 1.42. The van der Waals surface area contributed by atoms with Crippen molar-refractivity contribution in [3.63, 3.8) is 0 Å². The number of hydrogen-bond acceptors (Lipinski definition) is 4. The van der Waals surface area contributed by atoms with Crippen LogP contribution in [0.15, 0.2) is 59.7 Å². The summed E-state index contributed by atoms with van der Waals surface area (Å²) in [5.74, 6) is 0.467. The molecule has 0 aliphatic heterocycles. The average molecular weight is 376 g/mol. The van der Waals surface area contributed by atoms with Gasteiger partial charge in [0, 0.05) is 23.0 Å². The highest BCUT2D eigenvalue weighted by molar-refractivity contribution is 6.04. The Bertz CT molecular complexity index is 1210. The van der Waals surface area contributed by atoms with Crippen molar-refractivity contribution < 1.29 is 9.53 Å². The van der Waals surface area contributed by atoms with Crippen molar-refractivity contribution in [2.75, 3.05) is 6.61 Å². The molecule has 0 radical (unpaired) electrons. The molecular formula is C21H20N4O3. The van der Waals surface area contributed by atoms with Crippen molar-refractivity contribution in [3.8, 4) is 5.75 Å². The van der Waals surface area contributed by atoms with E-state index in [1.807, 2.05) is 55.5 Å². The third kappa shape index (κ3) is 3.34. The molecule has 0 unspecified atom stereocenters. The van der Waals surface area contributed by atoms with Crippen molar-refractivity contribution in [1.29, 1.82) is 0 Å². The second-order valence-corrected chi connectivity index (χ2v) is 6.39. The molecule has 2 heterocycles. The lowest BCUT2D eigenvalue weighted by molar-refractivity contribution is -0.121. The van der Waals surface area contributed by atoms with Gasteiger partial charge < -0.3 is 15.0 Å². The van der Waals surface area contributed by atoms with Crippen LogP contribution in [0.4, 0.5) is 0 Å². The van der Waals surface area contributed by atoms with Gasteiger partial charge in [0.05, 0.1) is 12.9 Å². The number of carbonyl (C=O) groups is 1. The minimum atomic E-state index is -0.273. The van der Waals surface area contributed by atoms with E-state index in [1.54, 1.807) is 0 Å². The zero-order chi connectivity index (χ0) is 19.5. The zero-order valence-electron chi connectivity index (χ0n) is 15.4. The molecule has 0 fully saturated rings. The van der Waals surface area contributed by atoms with E-state index in [2.05, 4.69) is 15.3 Å². The third-order valence-electron chi connectivity index (χ3n) is 4.54.